The molecule has 3 nitrogen and oxygen atoms in total. The number of pyridine rings is 1. The fraction of sp³-hybridized carbons (Fsp3) is 0.444. The Labute approximate surface area is 92.1 Å². The lowest BCUT2D eigenvalue weighted by molar-refractivity contribution is 0.113. The van der Waals surface area contributed by atoms with Gasteiger partial charge in [-0.2, -0.15) is 11.8 Å². The molecule has 1 heterocycles. The maximum atomic E-state index is 9.07. The Kier molecular flexibility index (Phi) is 5.25. The average Bonchev–Trinajstić information content (AvgIpc) is 2.17. The zero-order valence-corrected chi connectivity index (χ0v) is 9.13. The van der Waals surface area contributed by atoms with E-state index in [0.29, 0.717) is 16.7 Å². The molecule has 0 spiro atoms. The molecule has 1 aromatic rings. The predicted octanol–water partition coefficient (Wildman–Crippen LogP) is 1.32. The third-order valence-corrected chi connectivity index (χ3v) is 2.87. The second-order valence-corrected chi connectivity index (χ2v) is 4.22. The van der Waals surface area contributed by atoms with Crippen LogP contribution in [0.4, 0.5) is 0 Å². The second-order valence-electron chi connectivity index (χ2n) is 2.80. The standard InChI is InChI=1S/C9H12ClNO2S/c10-9-3-1-2-7(11-9)5-14-6-8(13)4-12/h1-3,8,12-13H,4-6H2. The van der Waals surface area contributed by atoms with Crippen molar-refractivity contribution in [3.05, 3.63) is 29.0 Å². The van der Waals surface area contributed by atoms with E-state index in [1.165, 1.54) is 11.8 Å². The molecule has 0 bridgehead atoms. The molecule has 1 rings (SSSR count). The molecule has 0 aliphatic heterocycles. The minimum Gasteiger partial charge on any atom is -0.394 e. The van der Waals surface area contributed by atoms with E-state index in [-0.39, 0.29) is 6.61 Å². The minimum absolute atomic E-state index is 0.198. The van der Waals surface area contributed by atoms with E-state index in [1.54, 1.807) is 6.07 Å². The average molecular weight is 234 g/mol. The van der Waals surface area contributed by atoms with Gasteiger partial charge in [-0.25, -0.2) is 4.98 Å². The molecule has 0 aliphatic carbocycles. The quantitative estimate of drug-likeness (QED) is 0.754. The van der Waals surface area contributed by atoms with E-state index in [1.807, 2.05) is 12.1 Å². The van der Waals surface area contributed by atoms with Gasteiger partial charge in [-0.05, 0) is 12.1 Å². The monoisotopic (exact) mass is 233 g/mol. The van der Waals surface area contributed by atoms with Gasteiger partial charge in [-0.1, -0.05) is 17.7 Å². The van der Waals surface area contributed by atoms with Crippen molar-refractivity contribution in [3.63, 3.8) is 0 Å². The van der Waals surface area contributed by atoms with Crippen molar-refractivity contribution in [2.24, 2.45) is 0 Å². The van der Waals surface area contributed by atoms with Gasteiger partial charge in [0.15, 0.2) is 0 Å². The van der Waals surface area contributed by atoms with Crippen molar-refractivity contribution in [2.45, 2.75) is 11.9 Å². The van der Waals surface area contributed by atoms with Gasteiger partial charge in [0, 0.05) is 11.5 Å². The highest BCUT2D eigenvalue weighted by Crippen LogP contribution is 2.13. The summed E-state index contributed by atoms with van der Waals surface area (Å²) in [6, 6.07) is 5.44. The first-order chi connectivity index (χ1) is 6.72. The number of halogens is 1. The molecule has 0 aliphatic rings. The molecule has 0 saturated heterocycles. The van der Waals surface area contributed by atoms with E-state index in [0.717, 1.165) is 5.69 Å². The van der Waals surface area contributed by atoms with Gasteiger partial charge in [0.1, 0.15) is 5.15 Å². The molecule has 0 amide bonds. The Morgan fingerprint density at radius 1 is 1.50 bits per heavy atom. The molecule has 1 atom stereocenters. The number of aliphatic hydroxyl groups excluding tert-OH is 2. The highest BCUT2D eigenvalue weighted by Gasteiger charge is 2.02. The van der Waals surface area contributed by atoms with Crippen LogP contribution in [-0.4, -0.2) is 33.7 Å². The Balaban J connectivity index is 2.31. The summed E-state index contributed by atoms with van der Waals surface area (Å²) < 4.78 is 0. The zero-order valence-electron chi connectivity index (χ0n) is 7.56. The number of aromatic nitrogens is 1. The lowest BCUT2D eigenvalue weighted by Crippen LogP contribution is -2.14. The fourth-order valence-corrected chi connectivity index (χ4v) is 1.93. The van der Waals surface area contributed by atoms with Crippen molar-refractivity contribution < 1.29 is 10.2 Å². The van der Waals surface area contributed by atoms with E-state index >= 15 is 0 Å². The number of thioether (sulfide) groups is 1. The second kappa shape index (κ2) is 6.24. The van der Waals surface area contributed by atoms with E-state index < -0.39 is 6.10 Å². The highest BCUT2D eigenvalue weighted by molar-refractivity contribution is 7.98. The Morgan fingerprint density at radius 3 is 2.93 bits per heavy atom. The number of hydrogen-bond donors (Lipinski definition) is 2. The van der Waals surface area contributed by atoms with Gasteiger partial charge < -0.3 is 10.2 Å². The summed E-state index contributed by atoms with van der Waals surface area (Å²) in [5.74, 6) is 1.20. The van der Waals surface area contributed by atoms with E-state index in [4.69, 9.17) is 21.8 Å². The lowest BCUT2D eigenvalue weighted by atomic mass is 10.4. The number of nitrogens with zero attached hydrogens (tertiary/aromatic N) is 1. The molecule has 78 valence electrons. The summed E-state index contributed by atoms with van der Waals surface area (Å²) in [6.07, 6.45) is -0.654. The Bertz CT molecular complexity index is 285. The summed E-state index contributed by atoms with van der Waals surface area (Å²) in [5.41, 5.74) is 0.882. The first-order valence-electron chi connectivity index (χ1n) is 4.20. The van der Waals surface area contributed by atoms with Crippen LogP contribution in [-0.2, 0) is 5.75 Å². The maximum Gasteiger partial charge on any atom is 0.129 e. The molecular weight excluding hydrogens is 222 g/mol. The van der Waals surface area contributed by atoms with Crippen molar-refractivity contribution >= 4 is 23.4 Å². The molecule has 0 fully saturated rings. The van der Waals surface area contributed by atoms with Crippen LogP contribution in [0.15, 0.2) is 18.2 Å². The molecule has 14 heavy (non-hydrogen) atoms. The maximum absolute atomic E-state index is 9.07. The van der Waals surface area contributed by atoms with Crippen LogP contribution in [0.25, 0.3) is 0 Å². The number of aliphatic hydroxyl groups is 2. The summed E-state index contributed by atoms with van der Waals surface area (Å²) in [4.78, 5) is 4.10. The smallest absolute Gasteiger partial charge is 0.129 e. The van der Waals surface area contributed by atoms with Gasteiger partial charge in [-0.3, -0.25) is 0 Å². The number of rotatable bonds is 5. The predicted molar refractivity (Wildman–Crippen MR) is 58.5 cm³/mol. The van der Waals surface area contributed by atoms with Gasteiger partial charge >= 0.3 is 0 Å². The summed E-state index contributed by atoms with van der Waals surface area (Å²) in [6.45, 7) is -0.198. The van der Waals surface area contributed by atoms with Gasteiger partial charge in [-0.15, -0.1) is 0 Å². The molecule has 0 aromatic carbocycles. The normalized spacial score (nSPS) is 12.8. The van der Waals surface area contributed by atoms with Crippen LogP contribution in [0.1, 0.15) is 5.69 Å². The Hall–Kier alpha value is -0.290. The van der Waals surface area contributed by atoms with Crippen molar-refractivity contribution in [2.75, 3.05) is 12.4 Å². The lowest BCUT2D eigenvalue weighted by Gasteiger charge is -2.05. The third kappa shape index (κ3) is 4.28. The number of hydrogen-bond acceptors (Lipinski definition) is 4. The summed E-state index contributed by atoms with van der Waals surface area (Å²) >= 11 is 7.22. The topological polar surface area (TPSA) is 53.4 Å². The van der Waals surface area contributed by atoms with Crippen LogP contribution in [0.5, 0.6) is 0 Å². The summed E-state index contributed by atoms with van der Waals surface area (Å²) in [5, 5.41) is 18.1. The summed E-state index contributed by atoms with van der Waals surface area (Å²) in [7, 11) is 0. The first-order valence-corrected chi connectivity index (χ1v) is 5.73. The zero-order chi connectivity index (χ0) is 10.4. The van der Waals surface area contributed by atoms with Gasteiger partial charge in [0.05, 0.1) is 18.4 Å². The minimum atomic E-state index is -0.654. The van der Waals surface area contributed by atoms with Crippen LogP contribution >= 0.6 is 23.4 Å². The van der Waals surface area contributed by atoms with Crippen molar-refractivity contribution in [3.8, 4) is 0 Å². The first kappa shape index (κ1) is 11.8. The molecule has 1 aromatic heterocycles. The van der Waals surface area contributed by atoms with Crippen LogP contribution in [0, 0.1) is 0 Å². The SMILES string of the molecule is OCC(O)CSCc1cccc(Cl)n1. The molecule has 2 N–H and O–H groups in total. The van der Waals surface area contributed by atoms with Gasteiger partial charge in [0.2, 0.25) is 0 Å². The molecule has 1 unspecified atom stereocenters. The van der Waals surface area contributed by atoms with E-state index in [9.17, 15) is 0 Å². The fourth-order valence-electron chi connectivity index (χ4n) is 0.883. The van der Waals surface area contributed by atoms with Crippen molar-refractivity contribution in [1.29, 1.82) is 0 Å². The molecule has 5 heteroatoms. The molecular formula is C9H12ClNO2S. The van der Waals surface area contributed by atoms with E-state index in [2.05, 4.69) is 4.98 Å². The highest BCUT2D eigenvalue weighted by atomic mass is 35.5. The van der Waals surface area contributed by atoms with Crippen LogP contribution in [0.3, 0.4) is 0 Å². The Morgan fingerprint density at radius 2 is 2.29 bits per heavy atom. The molecule has 0 saturated carbocycles. The molecule has 0 radical (unpaired) electrons. The van der Waals surface area contributed by atoms with Gasteiger partial charge in [0.25, 0.3) is 0 Å². The van der Waals surface area contributed by atoms with Crippen LogP contribution in [0.2, 0.25) is 5.15 Å². The van der Waals surface area contributed by atoms with Crippen LogP contribution < -0.4 is 0 Å². The third-order valence-electron chi connectivity index (χ3n) is 1.54. The largest absolute Gasteiger partial charge is 0.394 e. The van der Waals surface area contributed by atoms with Crippen molar-refractivity contribution in [1.82, 2.24) is 4.98 Å².